The van der Waals surface area contributed by atoms with Crippen LogP contribution in [0.3, 0.4) is 0 Å². The van der Waals surface area contributed by atoms with E-state index in [9.17, 15) is 23.3 Å². The summed E-state index contributed by atoms with van der Waals surface area (Å²) in [7, 11) is -0.0256. The van der Waals surface area contributed by atoms with Gasteiger partial charge >= 0.3 is 0 Å². The first kappa shape index (κ1) is 32.3. The van der Waals surface area contributed by atoms with E-state index < -0.39 is 26.4 Å². The number of nitro groups is 1. The van der Waals surface area contributed by atoms with Gasteiger partial charge in [-0.3, -0.25) is 19.1 Å². The Morgan fingerprint density at radius 2 is 1.67 bits per heavy atom. The molecule has 1 fully saturated rings. The highest BCUT2D eigenvalue weighted by Gasteiger charge is 2.45. The van der Waals surface area contributed by atoms with Crippen LogP contribution < -0.4 is 14.2 Å². The molecule has 230 valence electrons. The molecule has 1 unspecified atom stereocenters. The van der Waals surface area contributed by atoms with E-state index in [1.54, 1.807) is 23.1 Å². The third-order valence-corrected chi connectivity index (χ3v) is 9.58. The van der Waals surface area contributed by atoms with Crippen LogP contribution in [0, 0.1) is 10.1 Å². The van der Waals surface area contributed by atoms with Gasteiger partial charge in [0.2, 0.25) is 5.75 Å². The second-order valence-electron chi connectivity index (χ2n) is 9.75. The van der Waals surface area contributed by atoms with Crippen LogP contribution in [0.4, 0.5) is 5.69 Å². The molecule has 1 saturated heterocycles. The maximum absolute atomic E-state index is 14.0. The zero-order valence-electron chi connectivity index (χ0n) is 23.9. The van der Waals surface area contributed by atoms with Gasteiger partial charge in [0.15, 0.2) is 11.5 Å². The Hall–Kier alpha value is -3.58. The smallest absolute Gasteiger partial charge is 0.297 e. The average molecular weight is 654 g/mol. The maximum Gasteiger partial charge on any atom is 0.297 e. The number of amides is 1. The molecule has 43 heavy (non-hydrogen) atoms. The number of nitrogens with zero attached hydrogens (tertiary/aromatic N) is 2. The van der Waals surface area contributed by atoms with E-state index in [1.807, 2.05) is 0 Å². The molecule has 0 spiro atoms. The topological polar surface area (TPSA) is 135 Å². The van der Waals surface area contributed by atoms with Gasteiger partial charge in [-0.1, -0.05) is 29.3 Å². The summed E-state index contributed by atoms with van der Waals surface area (Å²) in [6.07, 6.45) is 0.757. The van der Waals surface area contributed by atoms with Crippen molar-refractivity contribution in [2.75, 3.05) is 41.0 Å². The molecule has 0 aromatic heterocycles. The molecule has 0 radical (unpaired) electrons. The van der Waals surface area contributed by atoms with Crippen LogP contribution in [-0.4, -0.2) is 65.2 Å². The second kappa shape index (κ2) is 13.0. The van der Waals surface area contributed by atoms with Crippen LogP contribution >= 0.6 is 23.2 Å². The summed E-state index contributed by atoms with van der Waals surface area (Å²) in [5.74, 6) is 0.471. The fourth-order valence-corrected chi connectivity index (χ4v) is 6.96. The van der Waals surface area contributed by atoms with Crippen LogP contribution in [0.2, 0.25) is 10.0 Å². The maximum atomic E-state index is 14.0. The van der Waals surface area contributed by atoms with Gasteiger partial charge in [-0.25, -0.2) is 0 Å². The van der Waals surface area contributed by atoms with Crippen molar-refractivity contribution in [1.82, 2.24) is 4.90 Å². The van der Waals surface area contributed by atoms with E-state index in [-0.39, 0.29) is 56.4 Å². The lowest BCUT2D eigenvalue weighted by atomic mass is 9.69. The van der Waals surface area contributed by atoms with Gasteiger partial charge in [0.25, 0.3) is 21.7 Å². The van der Waals surface area contributed by atoms with E-state index in [0.717, 1.165) is 12.1 Å². The molecule has 1 aliphatic heterocycles. The zero-order chi connectivity index (χ0) is 31.5. The Balaban J connectivity index is 1.96. The van der Waals surface area contributed by atoms with Gasteiger partial charge in [0.05, 0.1) is 47.8 Å². The number of piperidine rings is 1. The van der Waals surface area contributed by atoms with Crippen molar-refractivity contribution in [2.45, 2.75) is 30.1 Å². The first-order valence-electron chi connectivity index (χ1n) is 13.2. The van der Waals surface area contributed by atoms with Crippen LogP contribution in [0.25, 0.3) is 0 Å². The fraction of sp³-hybridized carbons (Fsp3) is 0.345. The number of nitro benzene ring substituents is 1. The van der Waals surface area contributed by atoms with Gasteiger partial charge < -0.3 is 19.1 Å². The number of likely N-dealkylation sites (tertiary alicyclic amines) is 1. The molecule has 4 rings (SSSR count). The molecule has 0 bridgehead atoms. The second-order valence-corrected chi connectivity index (χ2v) is 12.2. The monoisotopic (exact) mass is 652 g/mol. The molecule has 0 saturated carbocycles. The molecule has 0 N–H and O–H groups in total. The molecule has 3 aromatic rings. The molecule has 3 aromatic carbocycles. The molecule has 1 amide bonds. The highest BCUT2D eigenvalue weighted by Crippen LogP contribution is 2.46. The van der Waals surface area contributed by atoms with Crippen molar-refractivity contribution >= 4 is 44.9 Å². The predicted octanol–water partition coefficient (Wildman–Crippen LogP) is 5.87. The normalized spacial score (nSPS) is 16.9. The summed E-state index contributed by atoms with van der Waals surface area (Å²) in [6.45, 7) is 1.65. The van der Waals surface area contributed by atoms with Crippen LogP contribution in [0.1, 0.15) is 41.3 Å². The van der Waals surface area contributed by atoms with E-state index >= 15 is 0 Å². The standard InChI is InChI=1S/C29H30Cl2N2O9S/c1-5-42-43(37,38)26-10-8-20(33(35)36)16-21(26)29(19-7-9-22(30)23(31)15-19)11-6-12-32(17-29)28(34)18-13-24(39-2)27(41-4)25(14-18)40-3/h7-10,13-16H,5-6,11-12,17H2,1-4H3. The van der Waals surface area contributed by atoms with Crippen molar-refractivity contribution < 1.29 is 36.5 Å². The Bertz CT molecular complexity index is 1640. The van der Waals surface area contributed by atoms with Crippen molar-refractivity contribution in [3.8, 4) is 17.2 Å². The minimum atomic E-state index is -4.34. The minimum absolute atomic E-state index is 0.0454. The number of hydrogen-bond donors (Lipinski definition) is 0. The summed E-state index contributed by atoms with van der Waals surface area (Å²) in [4.78, 5) is 26.6. The predicted molar refractivity (Wildman–Crippen MR) is 160 cm³/mol. The first-order valence-corrected chi connectivity index (χ1v) is 15.3. The number of carbonyl (C=O) groups excluding carboxylic acids is 1. The first-order chi connectivity index (χ1) is 20.4. The summed E-state index contributed by atoms with van der Waals surface area (Å²) in [6, 6.07) is 11.4. The molecule has 0 aliphatic carbocycles. The van der Waals surface area contributed by atoms with Crippen molar-refractivity contribution in [3.05, 3.63) is 85.4 Å². The number of carbonyl (C=O) groups is 1. The summed E-state index contributed by atoms with van der Waals surface area (Å²) in [5, 5.41) is 12.3. The van der Waals surface area contributed by atoms with Gasteiger partial charge in [0.1, 0.15) is 0 Å². The Morgan fingerprint density at radius 1 is 1.00 bits per heavy atom. The van der Waals surface area contributed by atoms with Crippen molar-refractivity contribution in [1.29, 1.82) is 0 Å². The average Bonchev–Trinajstić information content (AvgIpc) is 3.00. The summed E-state index contributed by atoms with van der Waals surface area (Å²) in [5.41, 5.74) is -0.707. The third kappa shape index (κ3) is 6.23. The van der Waals surface area contributed by atoms with Gasteiger partial charge in [0, 0.05) is 36.2 Å². The van der Waals surface area contributed by atoms with Crippen molar-refractivity contribution in [3.63, 3.8) is 0 Å². The third-order valence-electron chi connectivity index (χ3n) is 7.40. The molecular formula is C29H30Cl2N2O9S. The number of benzene rings is 3. The number of methoxy groups -OCH3 is 3. The fourth-order valence-electron chi connectivity index (χ4n) is 5.46. The number of ether oxygens (including phenoxy) is 3. The largest absolute Gasteiger partial charge is 0.493 e. The Labute approximate surface area is 259 Å². The molecule has 1 aliphatic rings. The Kier molecular flexibility index (Phi) is 9.75. The summed E-state index contributed by atoms with van der Waals surface area (Å²) >= 11 is 12.7. The van der Waals surface area contributed by atoms with Crippen molar-refractivity contribution in [2.24, 2.45) is 0 Å². The molecule has 1 heterocycles. The lowest BCUT2D eigenvalue weighted by Gasteiger charge is -2.44. The van der Waals surface area contributed by atoms with Gasteiger partial charge in [-0.15, -0.1) is 0 Å². The SMILES string of the molecule is CCOS(=O)(=O)c1ccc([N+](=O)[O-])cc1C1(c2ccc(Cl)c(Cl)c2)CCCN(C(=O)c2cc(OC)c(OC)c(OC)c2)C1. The number of non-ortho nitro benzene ring substituents is 1. The highest BCUT2D eigenvalue weighted by atomic mass is 35.5. The van der Waals surface area contributed by atoms with Gasteiger partial charge in [-0.2, -0.15) is 8.42 Å². The number of hydrogen-bond acceptors (Lipinski definition) is 9. The highest BCUT2D eigenvalue weighted by molar-refractivity contribution is 7.86. The van der Waals surface area contributed by atoms with Crippen LogP contribution in [0.15, 0.2) is 53.4 Å². The minimum Gasteiger partial charge on any atom is -0.493 e. The zero-order valence-corrected chi connectivity index (χ0v) is 26.2. The molecule has 1 atom stereocenters. The lowest BCUT2D eigenvalue weighted by molar-refractivity contribution is -0.385. The molecule has 11 nitrogen and oxygen atoms in total. The van der Waals surface area contributed by atoms with E-state index in [0.29, 0.717) is 30.7 Å². The molecular weight excluding hydrogens is 623 g/mol. The quantitative estimate of drug-likeness (QED) is 0.150. The Morgan fingerprint density at radius 3 is 2.23 bits per heavy atom. The van der Waals surface area contributed by atoms with E-state index in [4.69, 9.17) is 41.6 Å². The number of halogens is 2. The van der Waals surface area contributed by atoms with Crippen LogP contribution in [-0.2, 0) is 19.7 Å². The molecule has 14 heteroatoms. The van der Waals surface area contributed by atoms with E-state index in [1.165, 1.54) is 46.5 Å². The number of rotatable bonds is 10. The summed E-state index contributed by atoms with van der Waals surface area (Å²) < 4.78 is 48.1. The lowest BCUT2D eigenvalue weighted by Crippen LogP contribution is -2.49. The van der Waals surface area contributed by atoms with Crippen LogP contribution in [0.5, 0.6) is 17.2 Å². The van der Waals surface area contributed by atoms with E-state index in [2.05, 4.69) is 0 Å². The van der Waals surface area contributed by atoms with Gasteiger partial charge in [-0.05, 0) is 61.2 Å².